The minimum Gasteiger partial charge on any atom is -0.384 e. The Labute approximate surface area is 116 Å². The summed E-state index contributed by atoms with van der Waals surface area (Å²) >= 11 is 0. The molecule has 0 radical (unpaired) electrons. The zero-order valence-electron chi connectivity index (χ0n) is 10.9. The number of hydrogen-bond donors (Lipinski definition) is 4. The molecule has 0 aliphatic heterocycles. The van der Waals surface area contributed by atoms with Gasteiger partial charge in [0.2, 0.25) is 0 Å². The van der Waals surface area contributed by atoms with Crippen LogP contribution in [0.1, 0.15) is 11.4 Å². The number of nitrogen functional groups attached to an aromatic ring is 1. The zero-order valence-corrected chi connectivity index (χ0v) is 10.9. The largest absolute Gasteiger partial charge is 0.384 e. The quantitative estimate of drug-likeness (QED) is 0.431. The number of amidine groups is 1. The SMILES string of the molecule is N=C(N)c1ccccc1NCc1nc2ccccc2[nH]1. The number of fused-ring (bicyclic) bond motifs is 1. The molecule has 20 heavy (non-hydrogen) atoms. The van der Waals surface area contributed by atoms with E-state index in [4.69, 9.17) is 11.1 Å². The average Bonchev–Trinajstić information content (AvgIpc) is 2.88. The molecule has 0 aliphatic carbocycles. The molecule has 1 aromatic heterocycles. The fraction of sp³-hybridized carbons (Fsp3) is 0.0667. The minimum atomic E-state index is 0.0534. The maximum absolute atomic E-state index is 7.56. The van der Waals surface area contributed by atoms with Crippen molar-refractivity contribution in [2.24, 2.45) is 5.73 Å². The third-order valence-corrected chi connectivity index (χ3v) is 3.10. The van der Waals surface area contributed by atoms with E-state index in [0.29, 0.717) is 12.1 Å². The van der Waals surface area contributed by atoms with Crippen LogP contribution in [0.4, 0.5) is 5.69 Å². The molecule has 0 fully saturated rings. The molecule has 0 amide bonds. The highest BCUT2D eigenvalue weighted by molar-refractivity contribution is 6.00. The number of nitrogens with one attached hydrogen (secondary N) is 3. The van der Waals surface area contributed by atoms with Gasteiger partial charge in [0, 0.05) is 11.3 Å². The van der Waals surface area contributed by atoms with E-state index in [0.717, 1.165) is 22.5 Å². The summed E-state index contributed by atoms with van der Waals surface area (Å²) in [4.78, 5) is 7.76. The molecule has 2 aromatic carbocycles. The van der Waals surface area contributed by atoms with E-state index < -0.39 is 0 Å². The fourth-order valence-corrected chi connectivity index (χ4v) is 2.14. The van der Waals surface area contributed by atoms with Crippen LogP contribution in [0.5, 0.6) is 0 Å². The number of nitrogens with zero attached hydrogens (tertiary/aromatic N) is 1. The lowest BCUT2D eigenvalue weighted by Crippen LogP contribution is -2.14. The normalized spacial score (nSPS) is 10.6. The second-order valence-corrected chi connectivity index (χ2v) is 4.51. The number of benzene rings is 2. The highest BCUT2D eigenvalue weighted by Gasteiger charge is 2.06. The van der Waals surface area contributed by atoms with Crippen molar-refractivity contribution in [2.45, 2.75) is 6.54 Å². The Bertz CT molecular complexity index is 727. The fourth-order valence-electron chi connectivity index (χ4n) is 2.14. The lowest BCUT2D eigenvalue weighted by Gasteiger charge is -2.09. The second-order valence-electron chi connectivity index (χ2n) is 4.51. The number of rotatable bonds is 4. The van der Waals surface area contributed by atoms with Gasteiger partial charge in [0.1, 0.15) is 11.7 Å². The molecule has 0 spiro atoms. The van der Waals surface area contributed by atoms with Gasteiger partial charge in [-0.05, 0) is 24.3 Å². The van der Waals surface area contributed by atoms with Crippen molar-refractivity contribution >= 4 is 22.6 Å². The first-order valence-electron chi connectivity index (χ1n) is 6.35. The predicted molar refractivity (Wildman–Crippen MR) is 80.9 cm³/mol. The molecular weight excluding hydrogens is 250 g/mol. The second kappa shape index (κ2) is 5.05. The van der Waals surface area contributed by atoms with E-state index in [2.05, 4.69) is 15.3 Å². The van der Waals surface area contributed by atoms with E-state index in [9.17, 15) is 0 Å². The molecule has 1 heterocycles. The standard InChI is InChI=1S/C15H15N5/c16-15(17)10-5-1-2-6-11(10)18-9-14-19-12-7-3-4-8-13(12)20-14/h1-8,18H,9H2,(H3,16,17)(H,19,20). The van der Waals surface area contributed by atoms with Gasteiger partial charge in [0.15, 0.2) is 0 Å². The van der Waals surface area contributed by atoms with Crippen LogP contribution < -0.4 is 11.1 Å². The molecule has 0 atom stereocenters. The third-order valence-electron chi connectivity index (χ3n) is 3.10. The van der Waals surface area contributed by atoms with Gasteiger partial charge in [0.05, 0.1) is 17.6 Å². The van der Waals surface area contributed by atoms with Gasteiger partial charge in [0.25, 0.3) is 0 Å². The Morgan fingerprint density at radius 1 is 1.15 bits per heavy atom. The molecule has 0 unspecified atom stereocenters. The molecule has 100 valence electrons. The Balaban J connectivity index is 1.81. The van der Waals surface area contributed by atoms with Gasteiger partial charge >= 0.3 is 0 Å². The van der Waals surface area contributed by atoms with Crippen LogP contribution in [-0.2, 0) is 6.54 Å². The highest BCUT2D eigenvalue weighted by Crippen LogP contribution is 2.16. The Morgan fingerprint density at radius 3 is 2.70 bits per heavy atom. The van der Waals surface area contributed by atoms with E-state index >= 15 is 0 Å². The molecule has 5 nitrogen and oxygen atoms in total. The first kappa shape index (κ1) is 12.2. The summed E-state index contributed by atoms with van der Waals surface area (Å²) in [6.07, 6.45) is 0. The van der Waals surface area contributed by atoms with Crippen molar-refractivity contribution in [3.05, 3.63) is 59.9 Å². The zero-order chi connectivity index (χ0) is 13.9. The summed E-state index contributed by atoms with van der Waals surface area (Å²) in [6.45, 7) is 0.555. The summed E-state index contributed by atoms with van der Waals surface area (Å²) in [5.41, 5.74) is 9.06. The summed E-state index contributed by atoms with van der Waals surface area (Å²) < 4.78 is 0. The van der Waals surface area contributed by atoms with Crippen molar-refractivity contribution in [3.63, 3.8) is 0 Å². The summed E-state index contributed by atoms with van der Waals surface area (Å²) in [6, 6.07) is 15.4. The van der Waals surface area contributed by atoms with Crippen molar-refractivity contribution in [1.82, 2.24) is 9.97 Å². The van der Waals surface area contributed by atoms with Gasteiger partial charge in [-0.15, -0.1) is 0 Å². The van der Waals surface area contributed by atoms with Crippen LogP contribution in [0.15, 0.2) is 48.5 Å². The number of para-hydroxylation sites is 3. The molecular formula is C15H15N5. The van der Waals surface area contributed by atoms with Gasteiger partial charge < -0.3 is 16.0 Å². The molecule has 3 aromatic rings. The molecule has 5 N–H and O–H groups in total. The van der Waals surface area contributed by atoms with Gasteiger partial charge in [-0.2, -0.15) is 0 Å². The number of anilines is 1. The monoisotopic (exact) mass is 265 g/mol. The molecule has 5 heteroatoms. The Hall–Kier alpha value is -2.82. The number of nitrogens with two attached hydrogens (primary N) is 1. The first-order valence-corrected chi connectivity index (χ1v) is 6.35. The van der Waals surface area contributed by atoms with Gasteiger partial charge in [-0.25, -0.2) is 4.98 Å². The molecule has 3 rings (SSSR count). The van der Waals surface area contributed by atoms with E-state index in [-0.39, 0.29) is 5.84 Å². The summed E-state index contributed by atoms with van der Waals surface area (Å²) in [5, 5.41) is 10.8. The molecule has 0 saturated carbocycles. The number of aromatic nitrogens is 2. The Morgan fingerprint density at radius 2 is 1.90 bits per heavy atom. The van der Waals surface area contributed by atoms with Crippen LogP contribution in [0, 0.1) is 5.41 Å². The smallest absolute Gasteiger partial charge is 0.126 e. The van der Waals surface area contributed by atoms with Crippen molar-refractivity contribution in [1.29, 1.82) is 5.41 Å². The maximum atomic E-state index is 7.56. The van der Waals surface area contributed by atoms with E-state index in [1.165, 1.54) is 0 Å². The molecule has 0 bridgehead atoms. The number of H-pyrrole nitrogens is 1. The van der Waals surface area contributed by atoms with Crippen LogP contribution in [-0.4, -0.2) is 15.8 Å². The third kappa shape index (κ3) is 2.33. The number of aromatic amines is 1. The average molecular weight is 265 g/mol. The van der Waals surface area contributed by atoms with Crippen molar-refractivity contribution < 1.29 is 0 Å². The maximum Gasteiger partial charge on any atom is 0.126 e. The van der Waals surface area contributed by atoms with E-state index in [1.54, 1.807) is 0 Å². The van der Waals surface area contributed by atoms with Gasteiger partial charge in [-0.1, -0.05) is 24.3 Å². The first-order chi connectivity index (χ1) is 9.74. The number of imidazole rings is 1. The summed E-state index contributed by atoms with van der Waals surface area (Å²) in [7, 11) is 0. The molecule has 0 aliphatic rings. The van der Waals surface area contributed by atoms with Gasteiger partial charge in [-0.3, -0.25) is 5.41 Å². The van der Waals surface area contributed by atoms with E-state index in [1.807, 2.05) is 48.5 Å². The van der Waals surface area contributed by atoms with Crippen LogP contribution in [0.2, 0.25) is 0 Å². The Kier molecular flexibility index (Phi) is 3.09. The van der Waals surface area contributed by atoms with Crippen LogP contribution in [0.25, 0.3) is 11.0 Å². The van der Waals surface area contributed by atoms with Crippen molar-refractivity contribution in [2.75, 3.05) is 5.32 Å². The predicted octanol–water partition coefficient (Wildman–Crippen LogP) is 2.46. The van der Waals surface area contributed by atoms with Crippen LogP contribution >= 0.6 is 0 Å². The van der Waals surface area contributed by atoms with Crippen LogP contribution in [0.3, 0.4) is 0 Å². The van der Waals surface area contributed by atoms with Crippen molar-refractivity contribution in [3.8, 4) is 0 Å². The number of hydrogen-bond acceptors (Lipinski definition) is 3. The lowest BCUT2D eigenvalue weighted by molar-refractivity contribution is 1.01. The minimum absolute atomic E-state index is 0.0534. The lowest BCUT2D eigenvalue weighted by atomic mass is 10.1. The summed E-state index contributed by atoms with van der Waals surface area (Å²) in [5.74, 6) is 0.905. The topological polar surface area (TPSA) is 90.6 Å². The highest BCUT2D eigenvalue weighted by atomic mass is 15.0. The molecule has 0 saturated heterocycles.